The average molecular weight is 379 g/mol. The van der Waals surface area contributed by atoms with Gasteiger partial charge in [-0.05, 0) is 17.7 Å². The van der Waals surface area contributed by atoms with Crippen LogP contribution >= 0.6 is 0 Å². The number of halogens is 5. The second-order valence-electron chi connectivity index (χ2n) is 6.50. The van der Waals surface area contributed by atoms with E-state index in [2.05, 4.69) is 14.8 Å². The number of alkyl halides is 4. The maximum absolute atomic E-state index is 13.2. The lowest BCUT2D eigenvalue weighted by molar-refractivity contribution is -0.316. The Morgan fingerprint density at radius 2 is 1.81 bits per heavy atom. The van der Waals surface area contributed by atoms with E-state index in [0.29, 0.717) is 0 Å². The summed E-state index contributed by atoms with van der Waals surface area (Å²) in [4.78, 5) is 3.73. The standard InChI is InChI=1S/C16H18F5N3O2/c1-14(2,8-26-16(20,21)13(18)19)15(25,7-24-10-22-9-23-24)11-3-5-12(17)6-4-11/h3-6,9-10,13,25H,7-8H2,1-2H3/t15-/m0/s1. The van der Waals surface area contributed by atoms with E-state index in [1.807, 2.05) is 0 Å². The third-order valence-corrected chi connectivity index (χ3v) is 4.18. The molecule has 26 heavy (non-hydrogen) atoms. The molecule has 144 valence electrons. The molecule has 0 radical (unpaired) electrons. The Morgan fingerprint density at radius 1 is 1.19 bits per heavy atom. The first kappa shape index (κ1) is 20.2. The van der Waals surface area contributed by atoms with E-state index in [-0.39, 0.29) is 12.1 Å². The van der Waals surface area contributed by atoms with Gasteiger partial charge in [-0.25, -0.2) is 22.8 Å². The molecule has 5 nitrogen and oxygen atoms in total. The summed E-state index contributed by atoms with van der Waals surface area (Å²) < 4.78 is 69.6. The highest BCUT2D eigenvalue weighted by Gasteiger charge is 2.50. The Hall–Kier alpha value is -2.07. The summed E-state index contributed by atoms with van der Waals surface area (Å²) >= 11 is 0. The van der Waals surface area contributed by atoms with E-state index in [1.165, 1.54) is 43.3 Å². The van der Waals surface area contributed by atoms with Crippen molar-refractivity contribution in [1.29, 1.82) is 0 Å². The fraction of sp³-hybridized carbons (Fsp3) is 0.500. The highest BCUT2D eigenvalue weighted by molar-refractivity contribution is 5.25. The van der Waals surface area contributed by atoms with Crippen LogP contribution in [-0.2, 0) is 16.9 Å². The molecule has 1 atom stereocenters. The van der Waals surface area contributed by atoms with Crippen molar-refractivity contribution >= 4 is 0 Å². The largest absolute Gasteiger partial charge is 0.416 e. The first-order chi connectivity index (χ1) is 12.0. The third kappa shape index (κ3) is 4.18. The first-order valence-corrected chi connectivity index (χ1v) is 7.59. The number of nitrogens with zero attached hydrogens (tertiary/aromatic N) is 3. The molecule has 1 aromatic heterocycles. The molecule has 0 amide bonds. The molecular weight excluding hydrogens is 361 g/mol. The summed E-state index contributed by atoms with van der Waals surface area (Å²) in [7, 11) is 0. The van der Waals surface area contributed by atoms with Crippen molar-refractivity contribution in [2.24, 2.45) is 5.41 Å². The summed E-state index contributed by atoms with van der Waals surface area (Å²) in [6.45, 7) is 1.60. The third-order valence-electron chi connectivity index (χ3n) is 4.18. The molecule has 2 aromatic rings. The van der Waals surface area contributed by atoms with Crippen molar-refractivity contribution < 1.29 is 31.8 Å². The Labute approximate surface area is 146 Å². The molecule has 0 saturated carbocycles. The minimum atomic E-state index is -4.66. The van der Waals surface area contributed by atoms with Crippen molar-refractivity contribution in [3.63, 3.8) is 0 Å². The van der Waals surface area contributed by atoms with E-state index in [4.69, 9.17) is 0 Å². The van der Waals surface area contributed by atoms with E-state index in [9.17, 15) is 27.1 Å². The Bertz CT molecular complexity index is 707. The fourth-order valence-electron chi connectivity index (χ4n) is 2.43. The molecule has 2 rings (SSSR count). The molecule has 0 saturated heterocycles. The normalized spacial score (nSPS) is 15.3. The lowest BCUT2D eigenvalue weighted by atomic mass is 9.71. The van der Waals surface area contributed by atoms with Gasteiger partial charge in [-0.2, -0.15) is 13.9 Å². The number of rotatable bonds is 8. The molecule has 0 spiro atoms. The molecule has 0 unspecified atom stereocenters. The molecule has 0 aliphatic carbocycles. The predicted octanol–water partition coefficient (Wildman–Crippen LogP) is 3.21. The van der Waals surface area contributed by atoms with Crippen LogP contribution in [0.4, 0.5) is 22.0 Å². The van der Waals surface area contributed by atoms with Gasteiger partial charge in [-0.3, -0.25) is 0 Å². The molecule has 10 heteroatoms. The van der Waals surface area contributed by atoms with Gasteiger partial charge in [0.25, 0.3) is 0 Å². The predicted molar refractivity (Wildman–Crippen MR) is 81.0 cm³/mol. The molecule has 0 aliphatic rings. The van der Waals surface area contributed by atoms with Crippen molar-refractivity contribution in [3.8, 4) is 0 Å². The van der Waals surface area contributed by atoms with Crippen LogP contribution in [-0.4, -0.2) is 39.0 Å². The van der Waals surface area contributed by atoms with E-state index in [0.717, 1.165) is 12.1 Å². The lowest BCUT2D eigenvalue weighted by Gasteiger charge is -2.43. The number of hydrogen-bond acceptors (Lipinski definition) is 4. The van der Waals surface area contributed by atoms with E-state index < -0.39 is 36.0 Å². The molecule has 1 aromatic carbocycles. The second-order valence-corrected chi connectivity index (χ2v) is 6.50. The van der Waals surface area contributed by atoms with Gasteiger partial charge in [0.2, 0.25) is 0 Å². The maximum atomic E-state index is 13.2. The Kier molecular flexibility index (Phi) is 5.67. The van der Waals surface area contributed by atoms with Gasteiger partial charge in [-0.15, -0.1) is 0 Å². The smallest absolute Gasteiger partial charge is 0.383 e. The Morgan fingerprint density at radius 3 is 2.31 bits per heavy atom. The van der Waals surface area contributed by atoms with Gasteiger partial charge in [0.15, 0.2) is 0 Å². The van der Waals surface area contributed by atoms with Crippen LogP contribution in [0.1, 0.15) is 19.4 Å². The van der Waals surface area contributed by atoms with Gasteiger partial charge in [0.1, 0.15) is 24.1 Å². The topological polar surface area (TPSA) is 60.2 Å². The number of benzene rings is 1. The van der Waals surface area contributed by atoms with Crippen LogP contribution in [0.15, 0.2) is 36.9 Å². The van der Waals surface area contributed by atoms with Crippen molar-refractivity contribution in [1.82, 2.24) is 14.8 Å². The van der Waals surface area contributed by atoms with Gasteiger partial charge >= 0.3 is 12.5 Å². The summed E-state index contributed by atoms with van der Waals surface area (Å²) in [5.74, 6) is -0.560. The average Bonchev–Trinajstić information content (AvgIpc) is 3.06. The summed E-state index contributed by atoms with van der Waals surface area (Å²) in [5.41, 5.74) is -3.19. The fourth-order valence-corrected chi connectivity index (χ4v) is 2.43. The van der Waals surface area contributed by atoms with Gasteiger partial charge in [0.05, 0.1) is 13.2 Å². The van der Waals surface area contributed by atoms with Crippen LogP contribution in [0.2, 0.25) is 0 Å². The minimum Gasteiger partial charge on any atom is -0.383 e. The SMILES string of the molecule is CC(C)(COC(F)(F)C(F)F)[C@](O)(Cn1cncn1)c1ccc(F)cc1. The zero-order valence-corrected chi connectivity index (χ0v) is 14.0. The van der Waals surface area contributed by atoms with Gasteiger partial charge in [-0.1, -0.05) is 26.0 Å². The van der Waals surface area contributed by atoms with Crippen molar-refractivity contribution in [2.45, 2.75) is 38.5 Å². The molecular formula is C16H18F5N3O2. The van der Waals surface area contributed by atoms with Crippen LogP contribution in [0.25, 0.3) is 0 Å². The quantitative estimate of drug-likeness (QED) is 0.716. The van der Waals surface area contributed by atoms with Crippen LogP contribution in [0.3, 0.4) is 0 Å². The number of aliphatic hydroxyl groups is 1. The summed E-state index contributed by atoms with van der Waals surface area (Å²) in [6.07, 6.45) is -6.17. The maximum Gasteiger partial charge on any atom is 0.416 e. The number of ether oxygens (including phenoxy) is 1. The van der Waals surface area contributed by atoms with Crippen LogP contribution in [0.5, 0.6) is 0 Å². The summed E-state index contributed by atoms with van der Waals surface area (Å²) in [6, 6.07) is 4.73. The van der Waals surface area contributed by atoms with Gasteiger partial charge < -0.3 is 9.84 Å². The molecule has 1 heterocycles. The molecule has 0 fully saturated rings. The number of hydrogen-bond donors (Lipinski definition) is 1. The zero-order valence-electron chi connectivity index (χ0n) is 14.0. The molecule has 0 aliphatic heterocycles. The summed E-state index contributed by atoms with van der Waals surface area (Å²) in [5, 5.41) is 15.1. The highest BCUT2D eigenvalue weighted by Crippen LogP contribution is 2.42. The lowest BCUT2D eigenvalue weighted by Crippen LogP contribution is -2.49. The monoisotopic (exact) mass is 379 g/mol. The van der Waals surface area contributed by atoms with Crippen LogP contribution in [0, 0.1) is 11.2 Å². The molecule has 0 bridgehead atoms. The zero-order chi connectivity index (χ0) is 19.6. The van der Waals surface area contributed by atoms with Crippen LogP contribution < -0.4 is 0 Å². The molecule has 1 N–H and O–H groups in total. The van der Waals surface area contributed by atoms with Crippen molar-refractivity contribution in [2.75, 3.05) is 6.61 Å². The Balaban J connectivity index is 2.36. The second kappa shape index (κ2) is 7.28. The number of aromatic nitrogens is 3. The van der Waals surface area contributed by atoms with Crippen molar-refractivity contribution in [3.05, 3.63) is 48.3 Å². The minimum absolute atomic E-state index is 0.184. The van der Waals surface area contributed by atoms with E-state index in [1.54, 1.807) is 0 Å². The highest BCUT2D eigenvalue weighted by atomic mass is 19.3. The first-order valence-electron chi connectivity index (χ1n) is 7.59. The van der Waals surface area contributed by atoms with Gasteiger partial charge in [0, 0.05) is 5.41 Å². The van der Waals surface area contributed by atoms with E-state index >= 15 is 0 Å².